The summed E-state index contributed by atoms with van der Waals surface area (Å²) in [5, 5.41) is 22.2. The molecule has 0 fully saturated rings. The first-order valence-corrected chi connectivity index (χ1v) is 11.3. The number of rotatable bonds is 8. The van der Waals surface area contributed by atoms with Crippen LogP contribution in [0.2, 0.25) is 0 Å². The van der Waals surface area contributed by atoms with Crippen LogP contribution in [0.5, 0.6) is 0 Å². The number of carbonyl (C=O) groups is 2. The minimum absolute atomic E-state index is 0.0868. The Bertz CT molecular complexity index is 1370. The Morgan fingerprint density at radius 3 is 2.50 bits per heavy atom. The zero-order chi connectivity index (χ0) is 24.9. The summed E-state index contributed by atoms with van der Waals surface area (Å²) in [6, 6.07) is 14.3. The van der Waals surface area contributed by atoms with E-state index in [0.29, 0.717) is 16.7 Å². The van der Waals surface area contributed by atoms with Crippen LogP contribution in [0.3, 0.4) is 0 Å². The maximum atomic E-state index is 12.7. The van der Waals surface area contributed by atoms with E-state index >= 15 is 0 Å². The second-order valence-electron chi connectivity index (χ2n) is 7.16. The smallest absolute Gasteiger partial charge is 0.321 e. The van der Waals surface area contributed by atoms with Gasteiger partial charge in [0.25, 0.3) is 0 Å². The number of nitrogens with zero attached hydrogens (tertiary/aromatic N) is 3. The molecule has 12 heteroatoms. The summed E-state index contributed by atoms with van der Waals surface area (Å²) >= 11 is 0. The Morgan fingerprint density at radius 2 is 1.88 bits per heavy atom. The van der Waals surface area contributed by atoms with Crippen molar-refractivity contribution in [2.45, 2.75) is 11.8 Å². The third-order valence-corrected chi connectivity index (χ3v) is 6.45. The van der Waals surface area contributed by atoms with Gasteiger partial charge in [-0.2, -0.15) is 9.57 Å². The lowest BCUT2D eigenvalue weighted by Gasteiger charge is -2.16. The summed E-state index contributed by atoms with van der Waals surface area (Å²) in [7, 11) is -2.82. The van der Waals surface area contributed by atoms with E-state index in [1.54, 1.807) is 24.3 Å². The molecule has 0 saturated heterocycles. The molecule has 176 valence electrons. The number of aliphatic hydroxyl groups is 1. The number of aromatic nitrogens is 2. The van der Waals surface area contributed by atoms with Gasteiger partial charge in [0, 0.05) is 19.7 Å². The van der Waals surface area contributed by atoms with Gasteiger partial charge in [-0.3, -0.25) is 9.59 Å². The fourth-order valence-corrected chi connectivity index (χ4v) is 4.07. The number of benzene rings is 2. The molecule has 34 heavy (non-hydrogen) atoms. The molecule has 2 aromatic carbocycles. The van der Waals surface area contributed by atoms with E-state index in [2.05, 4.69) is 15.3 Å². The van der Waals surface area contributed by atoms with Crippen molar-refractivity contribution in [2.75, 3.05) is 25.5 Å². The molecule has 0 atom stereocenters. The number of carbonyl (C=O) groups excluding carboxylic acids is 2. The fraction of sp³-hybridized carbons (Fsp3) is 0.182. The summed E-state index contributed by atoms with van der Waals surface area (Å²) in [6.07, 6.45) is 0. The van der Waals surface area contributed by atoms with E-state index in [4.69, 9.17) is 4.74 Å². The molecule has 0 radical (unpaired) electrons. The van der Waals surface area contributed by atoms with Gasteiger partial charge in [-0.05, 0) is 36.4 Å². The predicted octanol–water partition coefficient (Wildman–Crippen LogP) is 2.18. The molecule has 3 aromatic rings. The van der Waals surface area contributed by atoms with Gasteiger partial charge in [-0.25, -0.2) is 13.4 Å². The number of esters is 1. The maximum Gasteiger partial charge on any atom is 0.321 e. The van der Waals surface area contributed by atoms with Crippen LogP contribution in [0.15, 0.2) is 59.2 Å². The van der Waals surface area contributed by atoms with Crippen molar-refractivity contribution in [3.8, 4) is 6.07 Å². The van der Waals surface area contributed by atoms with Gasteiger partial charge >= 0.3 is 5.97 Å². The Morgan fingerprint density at radius 1 is 1.21 bits per heavy atom. The molecule has 11 nitrogen and oxygen atoms in total. The summed E-state index contributed by atoms with van der Waals surface area (Å²) in [6.45, 7) is 0.0565. The van der Waals surface area contributed by atoms with Crippen molar-refractivity contribution in [1.82, 2.24) is 14.3 Å². The number of para-hydroxylation sites is 2. The molecule has 1 aromatic heterocycles. The number of likely N-dealkylation sites (N-methyl/N-ethyl adjacent to an activating group) is 1. The third-order valence-electron chi connectivity index (χ3n) is 4.63. The second-order valence-corrected chi connectivity index (χ2v) is 9.21. The lowest BCUT2D eigenvalue weighted by molar-refractivity contribution is -0.143. The highest BCUT2D eigenvalue weighted by Gasteiger charge is 2.24. The third kappa shape index (κ3) is 5.58. The van der Waals surface area contributed by atoms with E-state index < -0.39 is 34.9 Å². The molecule has 0 unspecified atom stereocenters. The van der Waals surface area contributed by atoms with Crippen molar-refractivity contribution in [3.05, 3.63) is 60.1 Å². The average Bonchev–Trinajstić information content (AvgIpc) is 3.21. The molecule has 1 amide bonds. The van der Waals surface area contributed by atoms with E-state index in [9.17, 15) is 28.4 Å². The van der Waals surface area contributed by atoms with Gasteiger partial charge in [0.1, 0.15) is 24.8 Å². The van der Waals surface area contributed by atoms with Gasteiger partial charge < -0.3 is 20.1 Å². The van der Waals surface area contributed by atoms with Crippen LogP contribution >= 0.6 is 0 Å². The van der Waals surface area contributed by atoms with Crippen LogP contribution in [0.25, 0.3) is 16.6 Å². The van der Waals surface area contributed by atoms with Gasteiger partial charge in [0.15, 0.2) is 11.6 Å². The van der Waals surface area contributed by atoms with Crippen LogP contribution in [0.4, 0.5) is 5.69 Å². The van der Waals surface area contributed by atoms with Crippen molar-refractivity contribution in [2.24, 2.45) is 0 Å². The van der Waals surface area contributed by atoms with E-state index in [1.165, 1.54) is 38.2 Å². The number of allylic oxidation sites excluding steroid dienone is 1. The van der Waals surface area contributed by atoms with Crippen molar-refractivity contribution < 1.29 is 27.9 Å². The number of ether oxygens (including phenoxy) is 1. The highest BCUT2D eigenvalue weighted by molar-refractivity contribution is 7.89. The summed E-state index contributed by atoms with van der Waals surface area (Å²) in [5.74, 6) is -1.66. The zero-order valence-electron chi connectivity index (χ0n) is 18.3. The van der Waals surface area contributed by atoms with Gasteiger partial charge in [0.05, 0.1) is 15.9 Å². The lowest BCUT2D eigenvalue weighted by atomic mass is 10.2. The molecule has 0 aliphatic carbocycles. The second kappa shape index (κ2) is 10.2. The summed E-state index contributed by atoms with van der Waals surface area (Å²) in [4.78, 5) is 30.3. The standard InChI is InChI=1S/C22H21N5O6S/c1-14(28)24-15-7-9-16(10-8-15)34(31,32)27(2)12-21(30)33-13-20(29)17(11-23)22-25-18-5-3-4-6-19(18)26-22/h3-10,29H,12-13H2,1-2H3,(H,24,28)(H,25,26)/b20-17+. The van der Waals surface area contributed by atoms with E-state index in [-0.39, 0.29) is 22.2 Å². The Kier molecular flexibility index (Phi) is 7.30. The number of fused-ring (bicyclic) bond motifs is 1. The molecule has 1 heterocycles. The van der Waals surface area contributed by atoms with Crippen molar-refractivity contribution in [3.63, 3.8) is 0 Å². The number of nitrogens with one attached hydrogen (secondary N) is 2. The highest BCUT2D eigenvalue weighted by atomic mass is 32.2. The normalized spacial score (nSPS) is 12.2. The number of imidazole rings is 1. The Labute approximate surface area is 195 Å². The van der Waals surface area contributed by atoms with Crippen LogP contribution in [0, 0.1) is 11.3 Å². The molecule has 0 bridgehead atoms. The topological polar surface area (TPSA) is 165 Å². The largest absolute Gasteiger partial charge is 0.507 e. The molecule has 0 aliphatic rings. The number of aliphatic hydroxyl groups excluding tert-OH is 1. The fourth-order valence-electron chi connectivity index (χ4n) is 2.95. The van der Waals surface area contributed by atoms with Crippen molar-refractivity contribution >= 4 is 44.2 Å². The van der Waals surface area contributed by atoms with Crippen LogP contribution < -0.4 is 5.32 Å². The van der Waals surface area contributed by atoms with Crippen LogP contribution in [-0.4, -0.2) is 59.9 Å². The first-order valence-electron chi connectivity index (χ1n) is 9.88. The summed E-state index contributed by atoms with van der Waals surface area (Å²) < 4.78 is 31.1. The number of amides is 1. The number of aromatic amines is 1. The molecule has 3 rings (SSSR count). The van der Waals surface area contributed by atoms with E-state index in [0.717, 1.165) is 4.31 Å². The predicted molar refractivity (Wildman–Crippen MR) is 123 cm³/mol. The van der Waals surface area contributed by atoms with Gasteiger partial charge in [-0.15, -0.1) is 0 Å². The molecular formula is C22H21N5O6S. The quantitative estimate of drug-likeness (QED) is 0.249. The minimum Gasteiger partial charge on any atom is -0.507 e. The molecule has 0 saturated carbocycles. The van der Waals surface area contributed by atoms with Crippen molar-refractivity contribution in [1.29, 1.82) is 5.26 Å². The summed E-state index contributed by atoms with van der Waals surface area (Å²) in [5.41, 5.74) is 1.47. The average molecular weight is 484 g/mol. The van der Waals surface area contributed by atoms with Crippen LogP contribution in [0.1, 0.15) is 12.7 Å². The van der Waals surface area contributed by atoms with Crippen LogP contribution in [-0.2, 0) is 24.3 Å². The first-order chi connectivity index (χ1) is 16.1. The monoisotopic (exact) mass is 483 g/mol. The highest BCUT2D eigenvalue weighted by Crippen LogP contribution is 2.20. The first kappa shape index (κ1) is 24.4. The zero-order valence-corrected chi connectivity index (χ0v) is 19.1. The number of hydrogen-bond donors (Lipinski definition) is 3. The van der Waals surface area contributed by atoms with Gasteiger partial charge in [0.2, 0.25) is 15.9 Å². The number of hydrogen-bond acceptors (Lipinski definition) is 8. The SMILES string of the molecule is CC(=O)Nc1ccc(S(=O)(=O)N(C)CC(=O)OC/C(O)=C(/C#N)c2nc3ccccc3[nH]2)cc1. The minimum atomic E-state index is -4.02. The Hall–Kier alpha value is -4.21. The molecule has 0 aliphatic heterocycles. The molecule has 3 N–H and O–H groups in total. The lowest BCUT2D eigenvalue weighted by Crippen LogP contribution is -2.33. The number of H-pyrrole nitrogens is 1. The Balaban J connectivity index is 1.64. The maximum absolute atomic E-state index is 12.7. The molecular weight excluding hydrogens is 462 g/mol. The van der Waals surface area contributed by atoms with Gasteiger partial charge in [-0.1, -0.05) is 12.1 Å². The number of nitriles is 1. The van der Waals surface area contributed by atoms with E-state index in [1.807, 2.05) is 6.07 Å². The number of anilines is 1. The number of sulfonamides is 1. The molecule has 0 spiro atoms.